The standard InChI is InChI=1S/C17H23N3O/c1-5-13-6-8-15(9-7-13)17(2,3)19-16(21)10-14-11-18-20(4)12-14/h6-9,11-12H,5,10H2,1-4H3,(H,19,21). The minimum atomic E-state index is -0.383. The zero-order valence-electron chi connectivity index (χ0n) is 13.2. The fourth-order valence-corrected chi connectivity index (χ4v) is 2.37. The number of carbonyl (C=O) groups is 1. The number of amides is 1. The molecule has 0 saturated heterocycles. The highest BCUT2D eigenvalue weighted by Gasteiger charge is 2.22. The molecule has 2 rings (SSSR count). The second-order valence-corrected chi connectivity index (χ2v) is 5.92. The van der Waals surface area contributed by atoms with Gasteiger partial charge < -0.3 is 5.32 Å². The van der Waals surface area contributed by atoms with Crippen LogP contribution >= 0.6 is 0 Å². The molecule has 1 aromatic heterocycles. The minimum absolute atomic E-state index is 0.00701. The van der Waals surface area contributed by atoms with Crippen LogP contribution in [0.3, 0.4) is 0 Å². The highest BCUT2D eigenvalue weighted by atomic mass is 16.1. The molecule has 112 valence electrons. The Morgan fingerprint density at radius 1 is 1.24 bits per heavy atom. The molecule has 0 aliphatic heterocycles. The third-order valence-electron chi connectivity index (χ3n) is 3.66. The van der Waals surface area contributed by atoms with E-state index in [9.17, 15) is 4.79 Å². The van der Waals surface area contributed by atoms with Gasteiger partial charge >= 0.3 is 0 Å². The number of nitrogens with zero attached hydrogens (tertiary/aromatic N) is 2. The predicted molar refractivity (Wildman–Crippen MR) is 83.9 cm³/mol. The Balaban J connectivity index is 2.03. The summed E-state index contributed by atoms with van der Waals surface area (Å²) in [4.78, 5) is 12.2. The highest BCUT2D eigenvalue weighted by Crippen LogP contribution is 2.20. The number of aryl methyl sites for hydroxylation is 2. The lowest BCUT2D eigenvalue weighted by Gasteiger charge is -2.27. The van der Waals surface area contributed by atoms with Crippen molar-refractivity contribution in [3.63, 3.8) is 0 Å². The maximum atomic E-state index is 12.2. The molecule has 0 radical (unpaired) electrons. The van der Waals surface area contributed by atoms with E-state index in [4.69, 9.17) is 0 Å². The molecule has 2 aromatic rings. The van der Waals surface area contributed by atoms with Crippen LogP contribution in [0.15, 0.2) is 36.7 Å². The number of aromatic nitrogens is 2. The van der Waals surface area contributed by atoms with Crippen molar-refractivity contribution in [2.75, 3.05) is 0 Å². The SMILES string of the molecule is CCc1ccc(C(C)(C)NC(=O)Cc2cnn(C)c2)cc1. The van der Waals surface area contributed by atoms with Crippen LogP contribution in [0.25, 0.3) is 0 Å². The van der Waals surface area contributed by atoms with E-state index in [1.807, 2.05) is 27.1 Å². The Kier molecular flexibility index (Phi) is 4.46. The molecule has 0 unspecified atom stereocenters. The second kappa shape index (κ2) is 6.12. The topological polar surface area (TPSA) is 46.9 Å². The van der Waals surface area contributed by atoms with Crippen molar-refractivity contribution in [3.05, 3.63) is 53.3 Å². The Morgan fingerprint density at radius 2 is 1.90 bits per heavy atom. The number of hydrogen-bond donors (Lipinski definition) is 1. The summed E-state index contributed by atoms with van der Waals surface area (Å²) in [5.41, 5.74) is 2.95. The summed E-state index contributed by atoms with van der Waals surface area (Å²) in [6.45, 7) is 6.18. The van der Waals surface area contributed by atoms with Gasteiger partial charge in [-0.3, -0.25) is 9.48 Å². The van der Waals surface area contributed by atoms with Gasteiger partial charge in [0, 0.05) is 13.2 Å². The van der Waals surface area contributed by atoms with E-state index in [1.165, 1.54) is 5.56 Å². The maximum absolute atomic E-state index is 12.2. The van der Waals surface area contributed by atoms with Gasteiger partial charge in [-0.15, -0.1) is 0 Å². The van der Waals surface area contributed by atoms with Crippen LogP contribution in [0.5, 0.6) is 0 Å². The molecule has 0 aliphatic carbocycles. The zero-order valence-corrected chi connectivity index (χ0v) is 13.2. The van der Waals surface area contributed by atoms with Gasteiger partial charge in [0.1, 0.15) is 0 Å². The lowest BCUT2D eigenvalue weighted by atomic mass is 9.93. The first-order valence-electron chi connectivity index (χ1n) is 7.28. The van der Waals surface area contributed by atoms with Crippen LogP contribution in [0.4, 0.5) is 0 Å². The van der Waals surface area contributed by atoms with Gasteiger partial charge in [-0.25, -0.2) is 0 Å². The van der Waals surface area contributed by atoms with Crippen LogP contribution in [0.1, 0.15) is 37.5 Å². The second-order valence-electron chi connectivity index (χ2n) is 5.92. The van der Waals surface area contributed by atoms with Crippen molar-refractivity contribution in [2.45, 2.75) is 39.2 Å². The van der Waals surface area contributed by atoms with Crippen molar-refractivity contribution >= 4 is 5.91 Å². The molecule has 4 heteroatoms. The van der Waals surface area contributed by atoms with Crippen molar-refractivity contribution in [1.29, 1.82) is 0 Å². The number of rotatable bonds is 5. The zero-order chi connectivity index (χ0) is 15.5. The molecule has 0 aliphatic rings. The van der Waals surface area contributed by atoms with Crippen molar-refractivity contribution in [2.24, 2.45) is 7.05 Å². The van der Waals surface area contributed by atoms with Crippen LogP contribution < -0.4 is 5.32 Å². The average molecular weight is 285 g/mol. The first kappa shape index (κ1) is 15.3. The van der Waals surface area contributed by atoms with Gasteiger partial charge in [0.2, 0.25) is 5.91 Å². The summed E-state index contributed by atoms with van der Waals surface area (Å²) in [5, 5.41) is 7.17. The third kappa shape index (κ3) is 3.94. The van der Waals surface area contributed by atoms with E-state index in [-0.39, 0.29) is 11.4 Å². The molecule has 1 aromatic carbocycles. The third-order valence-corrected chi connectivity index (χ3v) is 3.66. The van der Waals surface area contributed by atoms with Gasteiger partial charge in [0.25, 0.3) is 0 Å². The van der Waals surface area contributed by atoms with Gasteiger partial charge in [0.05, 0.1) is 18.2 Å². The fraction of sp³-hybridized carbons (Fsp3) is 0.412. The molecule has 0 atom stereocenters. The molecule has 1 N–H and O–H groups in total. The number of carbonyl (C=O) groups excluding carboxylic acids is 1. The lowest BCUT2D eigenvalue weighted by molar-refractivity contribution is -0.122. The minimum Gasteiger partial charge on any atom is -0.347 e. The van der Waals surface area contributed by atoms with Gasteiger partial charge in [-0.2, -0.15) is 5.10 Å². The molecule has 1 heterocycles. The van der Waals surface area contributed by atoms with E-state index in [0.717, 1.165) is 17.5 Å². The van der Waals surface area contributed by atoms with E-state index in [2.05, 4.69) is 41.6 Å². The van der Waals surface area contributed by atoms with Crippen molar-refractivity contribution in [3.8, 4) is 0 Å². The van der Waals surface area contributed by atoms with Gasteiger partial charge in [-0.1, -0.05) is 31.2 Å². The fourth-order valence-electron chi connectivity index (χ4n) is 2.37. The molecule has 1 amide bonds. The molecular weight excluding hydrogens is 262 g/mol. The number of hydrogen-bond acceptors (Lipinski definition) is 2. The molecule has 0 spiro atoms. The largest absolute Gasteiger partial charge is 0.347 e. The Morgan fingerprint density at radius 3 is 2.43 bits per heavy atom. The maximum Gasteiger partial charge on any atom is 0.225 e. The molecule has 0 bridgehead atoms. The van der Waals surface area contributed by atoms with Gasteiger partial charge in [-0.05, 0) is 37.0 Å². The van der Waals surface area contributed by atoms with Crippen molar-refractivity contribution < 1.29 is 4.79 Å². The smallest absolute Gasteiger partial charge is 0.225 e. The van der Waals surface area contributed by atoms with E-state index >= 15 is 0 Å². The van der Waals surface area contributed by atoms with Crippen LogP contribution in [0, 0.1) is 0 Å². The summed E-state index contributed by atoms with van der Waals surface area (Å²) >= 11 is 0. The molecule has 0 fully saturated rings. The molecular formula is C17H23N3O. The quantitative estimate of drug-likeness (QED) is 0.918. The summed E-state index contributed by atoms with van der Waals surface area (Å²) in [5.74, 6) is 0.00701. The number of benzene rings is 1. The normalized spacial score (nSPS) is 11.4. The van der Waals surface area contributed by atoms with Crippen LogP contribution in [-0.2, 0) is 30.2 Å². The summed E-state index contributed by atoms with van der Waals surface area (Å²) in [6, 6.07) is 8.40. The van der Waals surface area contributed by atoms with E-state index in [1.54, 1.807) is 10.9 Å². The molecule has 0 saturated carbocycles. The summed E-state index contributed by atoms with van der Waals surface area (Å²) < 4.78 is 1.71. The lowest BCUT2D eigenvalue weighted by Crippen LogP contribution is -2.41. The average Bonchev–Trinajstić information content (AvgIpc) is 2.83. The Bertz CT molecular complexity index is 611. The first-order valence-corrected chi connectivity index (χ1v) is 7.28. The van der Waals surface area contributed by atoms with Crippen LogP contribution in [0.2, 0.25) is 0 Å². The first-order chi connectivity index (χ1) is 9.90. The van der Waals surface area contributed by atoms with E-state index in [0.29, 0.717) is 6.42 Å². The van der Waals surface area contributed by atoms with Crippen LogP contribution in [-0.4, -0.2) is 15.7 Å². The Hall–Kier alpha value is -2.10. The Labute approximate surface area is 126 Å². The van der Waals surface area contributed by atoms with E-state index < -0.39 is 0 Å². The predicted octanol–water partition coefficient (Wildman–Crippen LogP) is 2.58. The van der Waals surface area contributed by atoms with Crippen molar-refractivity contribution in [1.82, 2.24) is 15.1 Å². The molecule has 21 heavy (non-hydrogen) atoms. The monoisotopic (exact) mass is 285 g/mol. The number of nitrogens with one attached hydrogen (secondary N) is 1. The highest BCUT2D eigenvalue weighted by molar-refractivity contribution is 5.79. The van der Waals surface area contributed by atoms with Gasteiger partial charge in [0.15, 0.2) is 0 Å². The summed E-state index contributed by atoms with van der Waals surface area (Å²) in [6.07, 6.45) is 4.96. The molecule has 4 nitrogen and oxygen atoms in total. The summed E-state index contributed by atoms with van der Waals surface area (Å²) in [7, 11) is 1.85.